The van der Waals surface area contributed by atoms with E-state index in [2.05, 4.69) is 17.0 Å². The largest absolute Gasteiger partial charge is 0.444 e. The van der Waals surface area contributed by atoms with Crippen LogP contribution in [0.5, 0.6) is 0 Å². The zero-order chi connectivity index (χ0) is 16.6. The van der Waals surface area contributed by atoms with Gasteiger partial charge in [-0.05, 0) is 39.3 Å². The highest BCUT2D eigenvalue weighted by Crippen LogP contribution is 2.17. The summed E-state index contributed by atoms with van der Waals surface area (Å²) in [4.78, 5) is 16.2. The van der Waals surface area contributed by atoms with Gasteiger partial charge in [-0.3, -0.25) is 0 Å². The highest BCUT2D eigenvalue weighted by Gasteiger charge is 2.24. The smallest absolute Gasteiger partial charge is 0.410 e. The molecule has 0 spiro atoms. The number of benzene rings is 1. The van der Waals surface area contributed by atoms with Crippen molar-refractivity contribution in [2.45, 2.75) is 46.6 Å². The summed E-state index contributed by atoms with van der Waals surface area (Å²) in [5.74, 6) is 0. The van der Waals surface area contributed by atoms with Crippen LogP contribution in [0.2, 0.25) is 0 Å². The average Bonchev–Trinajstić information content (AvgIpc) is 2.74. The summed E-state index contributed by atoms with van der Waals surface area (Å²) in [6.07, 6.45) is 0.765. The molecule has 1 aromatic rings. The Balaban J connectivity index is 0.00000116. The van der Waals surface area contributed by atoms with Gasteiger partial charge in [-0.2, -0.15) is 0 Å². The lowest BCUT2D eigenvalue weighted by Crippen LogP contribution is -2.39. The number of nitrogens with zero attached hydrogens (tertiary/aromatic N) is 2. The first-order valence-corrected chi connectivity index (χ1v) is 8.24. The molecular formula is C18H30N2O2. The first-order chi connectivity index (χ1) is 10.5. The molecule has 1 fully saturated rings. The Hall–Kier alpha value is -1.71. The van der Waals surface area contributed by atoms with Crippen LogP contribution in [0, 0.1) is 0 Å². The second-order valence-corrected chi connectivity index (χ2v) is 6.14. The van der Waals surface area contributed by atoms with Crippen molar-refractivity contribution >= 4 is 11.8 Å². The Kier molecular flexibility index (Phi) is 7.22. The van der Waals surface area contributed by atoms with E-state index in [0.717, 1.165) is 26.1 Å². The van der Waals surface area contributed by atoms with Gasteiger partial charge >= 0.3 is 6.09 Å². The number of para-hydroxylation sites is 1. The van der Waals surface area contributed by atoms with Crippen molar-refractivity contribution in [2.24, 2.45) is 0 Å². The van der Waals surface area contributed by atoms with E-state index in [1.807, 2.05) is 57.7 Å². The molecule has 22 heavy (non-hydrogen) atoms. The number of carbonyl (C=O) groups is 1. The molecular weight excluding hydrogens is 276 g/mol. The molecule has 0 saturated carbocycles. The van der Waals surface area contributed by atoms with Gasteiger partial charge in [-0.1, -0.05) is 32.0 Å². The second-order valence-electron chi connectivity index (χ2n) is 6.14. The van der Waals surface area contributed by atoms with Crippen molar-refractivity contribution in [3.05, 3.63) is 30.3 Å². The maximum absolute atomic E-state index is 12.1. The van der Waals surface area contributed by atoms with Crippen LogP contribution in [0.1, 0.15) is 41.0 Å². The third kappa shape index (κ3) is 5.96. The van der Waals surface area contributed by atoms with Gasteiger partial charge in [0.25, 0.3) is 0 Å². The Morgan fingerprint density at radius 3 is 2.23 bits per heavy atom. The van der Waals surface area contributed by atoms with Gasteiger partial charge in [0.2, 0.25) is 0 Å². The molecule has 1 heterocycles. The number of rotatable bonds is 1. The summed E-state index contributed by atoms with van der Waals surface area (Å²) in [5.41, 5.74) is 0.793. The Bertz CT molecular complexity index is 440. The lowest BCUT2D eigenvalue weighted by molar-refractivity contribution is 0.0263. The monoisotopic (exact) mass is 306 g/mol. The maximum Gasteiger partial charge on any atom is 0.410 e. The van der Waals surface area contributed by atoms with Crippen LogP contribution in [0.4, 0.5) is 10.5 Å². The molecule has 4 nitrogen and oxygen atoms in total. The highest BCUT2D eigenvalue weighted by atomic mass is 16.6. The number of carbonyl (C=O) groups excluding carboxylic acids is 1. The highest BCUT2D eigenvalue weighted by molar-refractivity contribution is 5.68. The number of hydrogen-bond donors (Lipinski definition) is 0. The zero-order valence-corrected chi connectivity index (χ0v) is 14.6. The predicted octanol–water partition coefficient (Wildman–Crippen LogP) is 4.16. The molecule has 124 valence electrons. The van der Waals surface area contributed by atoms with Crippen LogP contribution in [0.3, 0.4) is 0 Å². The molecule has 1 aliphatic heterocycles. The first-order valence-electron chi connectivity index (χ1n) is 8.24. The molecule has 0 unspecified atom stereocenters. The van der Waals surface area contributed by atoms with E-state index in [1.165, 1.54) is 5.69 Å². The summed E-state index contributed by atoms with van der Waals surface area (Å²) < 4.78 is 5.44. The minimum atomic E-state index is -0.428. The molecule has 0 atom stereocenters. The van der Waals surface area contributed by atoms with Crippen molar-refractivity contribution in [3.63, 3.8) is 0 Å². The third-order valence-corrected chi connectivity index (χ3v) is 3.27. The quantitative estimate of drug-likeness (QED) is 0.781. The molecule has 2 rings (SSSR count). The van der Waals surface area contributed by atoms with E-state index >= 15 is 0 Å². The summed E-state index contributed by atoms with van der Waals surface area (Å²) in [5, 5.41) is 0. The minimum Gasteiger partial charge on any atom is -0.444 e. The predicted molar refractivity (Wildman–Crippen MR) is 92.4 cm³/mol. The van der Waals surface area contributed by atoms with Crippen LogP contribution in [0.25, 0.3) is 0 Å². The van der Waals surface area contributed by atoms with Gasteiger partial charge in [-0.15, -0.1) is 0 Å². The molecule has 0 radical (unpaired) electrons. The second kappa shape index (κ2) is 8.66. The maximum atomic E-state index is 12.1. The van der Waals surface area contributed by atoms with Gasteiger partial charge in [0.15, 0.2) is 0 Å². The lowest BCUT2D eigenvalue weighted by atomic mass is 10.2. The molecule has 0 N–H and O–H groups in total. The Morgan fingerprint density at radius 2 is 1.64 bits per heavy atom. The van der Waals surface area contributed by atoms with E-state index in [0.29, 0.717) is 6.54 Å². The van der Waals surface area contributed by atoms with Crippen LogP contribution in [-0.2, 0) is 4.74 Å². The number of ether oxygens (including phenoxy) is 1. The van der Waals surface area contributed by atoms with Crippen LogP contribution in [-0.4, -0.2) is 42.8 Å². The topological polar surface area (TPSA) is 32.8 Å². The number of hydrogen-bond acceptors (Lipinski definition) is 3. The third-order valence-electron chi connectivity index (χ3n) is 3.27. The Morgan fingerprint density at radius 1 is 1.00 bits per heavy atom. The fourth-order valence-electron chi connectivity index (χ4n) is 2.32. The zero-order valence-electron chi connectivity index (χ0n) is 14.6. The normalized spacial score (nSPS) is 15.5. The SMILES string of the molecule is CC.CC(C)(C)OC(=O)N1CCCN(c2ccccc2)CC1. The summed E-state index contributed by atoms with van der Waals surface area (Å²) in [7, 11) is 0. The van der Waals surface area contributed by atoms with Crippen molar-refractivity contribution in [1.82, 2.24) is 4.90 Å². The summed E-state index contributed by atoms with van der Waals surface area (Å²) in [6.45, 7) is 13.0. The first kappa shape index (κ1) is 18.3. The molecule has 0 aliphatic carbocycles. The van der Waals surface area contributed by atoms with Crippen LogP contribution in [0.15, 0.2) is 30.3 Å². The fraction of sp³-hybridized carbons (Fsp3) is 0.611. The molecule has 0 bridgehead atoms. The van der Waals surface area contributed by atoms with Crippen molar-refractivity contribution < 1.29 is 9.53 Å². The standard InChI is InChI=1S/C16H24N2O2.C2H6/c1-16(2,3)20-15(19)18-11-7-10-17(12-13-18)14-8-5-4-6-9-14;1-2/h4-6,8-9H,7,10-13H2,1-3H3;1-2H3. The van der Waals surface area contributed by atoms with Crippen LogP contribution < -0.4 is 4.90 Å². The molecule has 1 amide bonds. The van der Waals surface area contributed by atoms with Crippen molar-refractivity contribution in [3.8, 4) is 0 Å². The van der Waals surface area contributed by atoms with Gasteiger partial charge in [0, 0.05) is 31.9 Å². The molecule has 1 aromatic carbocycles. The summed E-state index contributed by atoms with van der Waals surface area (Å²) in [6, 6.07) is 10.3. The van der Waals surface area contributed by atoms with Gasteiger partial charge < -0.3 is 14.5 Å². The van der Waals surface area contributed by atoms with E-state index in [-0.39, 0.29) is 6.09 Å². The minimum absolute atomic E-state index is 0.201. The number of anilines is 1. The van der Waals surface area contributed by atoms with Gasteiger partial charge in [0.05, 0.1) is 0 Å². The van der Waals surface area contributed by atoms with Gasteiger partial charge in [0.1, 0.15) is 5.60 Å². The Labute approximate surface area is 135 Å². The van der Waals surface area contributed by atoms with Crippen molar-refractivity contribution in [2.75, 3.05) is 31.1 Å². The van der Waals surface area contributed by atoms with Gasteiger partial charge in [-0.25, -0.2) is 4.79 Å². The molecule has 1 saturated heterocycles. The van der Waals surface area contributed by atoms with E-state index in [9.17, 15) is 4.79 Å². The van der Waals surface area contributed by atoms with E-state index < -0.39 is 5.60 Å². The fourth-order valence-corrected chi connectivity index (χ4v) is 2.32. The lowest BCUT2D eigenvalue weighted by Gasteiger charge is -2.27. The summed E-state index contributed by atoms with van der Waals surface area (Å²) >= 11 is 0. The molecule has 0 aromatic heterocycles. The average molecular weight is 306 g/mol. The van der Waals surface area contributed by atoms with E-state index in [1.54, 1.807) is 0 Å². The van der Waals surface area contributed by atoms with Crippen LogP contribution >= 0.6 is 0 Å². The van der Waals surface area contributed by atoms with Crippen molar-refractivity contribution in [1.29, 1.82) is 0 Å². The molecule has 1 aliphatic rings. The molecule has 4 heteroatoms. The number of amides is 1. The van der Waals surface area contributed by atoms with E-state index in [4.69, 9.17) is 4.74 Å².